The molecule has 0 atom stereocenters. The largest absolute Gasteiger partial charge is 0.324 e. The van der Waals surface area contributed by atoms with Gasteiger partial charge in [-0.15, -0.1) is 0 Å². The number of amides is 1. The zero-order chi connectivity index (χ0) is 18.3. The quantitative estimate of drug-likeness (QED) is 0.598. The molecule has 2 heterocycles. The Balaban J connectivity index is 1.59. The average molecular weight is 346 g/mol. The number of H-pyrrole nitrogens is 1. The second-order valence-corrected chi connectivity index (χ2v) is 6.37. The van der Waals surface area contributed by atoms with E-state index in [0.29, 0.717) is 16.8 Å². The summed E-state index contributed by atoms with van der Waals surface area (Å²) >= 11 is 0. The summed E-state index contributed by atoms with van der Waals surface area (Å²) in [7, 11) is 0. The molecule has 6 heteroatoms. The minimum atomic E-state index is -0.154. The molecule has 6 nitrogen and oxygen atoms in total. The molecule has 0 unspecified atom stereocenters. The zero-order valence-corrected chi connectivity index (χ0v) is 14.5. The van der Waals surface area contributed by atoms with E-state index in [2.05, 4.69) is 15.3 Å². The third kappa shape index (κ3) is 2.75. The number of carbonyl (C=O) groups excluding carboxylic acids is 1. The van der Waals surface area contributed by atoms with Crippen LogP contribution in [0.4, 0.5) is 5.69 Å². The molecule has 4 rings (SSSR count). The van der Waals surface area contributed by atoms with Crippen LogP contribution in [0.15, 0.2) is 53.6 Å². The molecule has 0 bridgehead atoms. The van der Waals surface area contributed by atoms with Gasteiger partial charge in [0.1, 0.15) is 6.54 Å². The van der Waals surface area contributed by atoms with Crippen molar-refractivity contribution in [3.63, 3.8) is 0 Å². The number of hydrogen-bond acceptors (Lipinski definition) is 3. The molecule has 0 saturated carbocycles. The predicted octanol–water partition coefficient (Wildman–Crippen LogP) is 3.13. The standard InChI is InChI=1S/C20H18N4O2/c1-12-13(2)20(26)23-17-9-14(7-8-15(12)17)22-19(25)10-24-11-21-16-5-3-4-6-18(16)24/h3-9,11H,10H2,1-2H3,(H,22,25)(H,23,26). The van der Waals surface area contributed by atoms with Crippen molar-refractivity contribution >= 4 is 33.5 Å². The maximum atomic E-state index is 12.4. The summed E-state index contributed by atoms with van der Waals surface area (Å²) in [4.78, 5) is 31.5. The number of anilines is 1. The summed E-state index contributed by atoms with van der Waals surface area (Å²) in [5, 5.41) is 3.85. The van der Waals surface area contributed by atoms with Gasteiger partial charge in [-0.05, 0) is 43.7 Å². The van der Waals surface area contributed by atoms with Crippen LogP contribution in [-0.4, -0.2) is 20.4 Å². The molecule has 2 aromatic heterocycles. The number of aromatic amines is 1. The molecule has 0 saturated heterocycles. The van der Waals surface area contributed by atoms with Crippen LogP contribution in [-0.2, 0) is 11.3 Å². The third-order valence-electron chi connectivity index (χ3n) is 4.70. The van der Waals surface area contributed by atoms with Crippen molar-refractivity contribution in [1.29, 1.82) is 0 Å². The highest BCUT2D eigenvalue weighted by atomic mass is 16.2. The van der Waals surface area contributed by atoms with Crippen molar-refractivity contribution < 1.29 is 4.79 Å². The van der Waals surface area contributed by atoms with Crippen molar-refractivity contribution in [2.24, 2.45) is 0 Å². The van der Waals surface area contributed by atoms with Gasteiger partial charge in [0.25, 0.3) is 5.56 Å². The molecule has 0 aliphatic carbocycles. The zero-order valence-electron chi connectivity index (χ0n) is 14.5. The highest BCUT2D eigenvalue weighted by Crippen LogP contribution is 2.21. The number of imidazole rings is 1. The number of aromatic nitrogens is 3. The number of aryl methyl sites for hydroxylation is 1. The summed E-state index contributed by atoms with van der Waals surface area (Å²) in [6.07, 6.45) is 1.66. The molecule has 0 radical (unpaired) electrons. The van der Waals surface area contributed by atoms with Crippen LogP contribution < -0.4 is 10.9 Å². The van der Waals surface area contributed by atoms with Gasteiger partial charge in [-0.2, -0.15) is 0 Å². The number of fused-ring (bicyclic) bond motifs is 2. The van der Waals surface area contributed by atoms with Gasteiger partial charge in [-0.1, -0.05) is 18.2 Å². The van der Waals surface area contributed by atoms with E-state index in [-0.39, 0.29) is 18.0 Å². The van der Waals surface area contributed by atoms with Crippen molar-refractivity contribution in [3.8, 4) is 0 Å². The lowest BCUT2D eigenvalue weighted by Crippen LogP contribution is -2.18. The van der Waals surface area contributed by atoms with Gasteiger partial charge >= 0.3 is 0 Å². The van der Waals surface area contributed by atoms with Gasteiger partial charge in [0, 0.05) is 16.6 Å². The van der Waals surface area contributed by atoms with Gasteiger partial charge in [0.2, 0.25) is 5.91 Å². The van der Waals surface area contributed by atoms with Crippen LogP contribution in [0.5, 0.6) is 0 Å². The molecule has 0 fully saturated rings. The third-order valence-corrected chi connectivity index (χ3v) is 4.70. The molecule has 0 spiro atoms. The lowest BCUT2D eigenvalue weighted by atomic mass is 10.1. The first kappa shape index (κ1) is 16.1. The van der Waals surface area contributed by atoms with Crippen LogP contribution >= 0.6 is 0 Å². The van der Waals surface area contributed by atoms with Gasteiger partial charge in [0.05, 0.1) is 22.9 Å². The van der Waals surface area contributed by atoms with Crippen LogP contribution in [0.2, 0.25) is 0 Å². The molecule has 0 aliphatic rings. The molecule has 4 aromatic rings. The van der Waals surface area contributed by atoms with E-state index in [9.17, 15) is 9.59 Å². The number of rotatable bonds is 3. The average Bonchev–Trinajstić information content (AvgIpc) is 3.02. The van der Waals surface area contributed by atoms with Gasteiger partial charge < -0.3 is 14.9 Å². The monoisotopic (exact) mass is 346 g/mol. The number of benzene rings is 2. The Labute approximate surface area is 149 Å². The molecule has 0 aliphatic heterocycles. The van der Waals surface area contributed by atoms with Crippen LogP contribution in [0.3, 0.4) is 0 Å². The van der Waals surface area contributed by atoms with E-state index in [1.165, 1.54) is 0 Å². The van der Waals surface area contributed by atoms with E-state index in [0.717, 1.165) is 22.0 Å². The smallest absolute Gasteiger partial charge is 0.251 e. The Bertz CT molecular complexity index is 1200. The molecular formula is C20H18N4O2. The Morgan fingerprint density at radius 3 is 2.81 bits per heavy atom. The van der Waals surface area contributed by atoms with E-state index in [4.69, 9.17) is 0 Å². The predicted molar refractivity (Wildman–Crippen MR) is 102 cm³/mol. The van der Waals surface area contributed by atoms with Crippen molar-refractivity contribution in [3.05, 3.63) is 70.3 Å². The Morgan fingerprint density at radius 2 is 1.96 bits per heavy atom. The van der Waals surface area contributed by atoms with Gasteiger partial charge in [-0.25, -0.2) is 4.98 Å². The second-order valence-electron chi connectivity index (χ2n) is 6.37. The Morgan fingerprint density at radius 1 is 1.15 bits per heavy atom. The number of nitrogens with one attached hydrogen (secondary N) is 2. The minimum Gasteiger partial charge on any atom is -0.324 e. The minimum absolute atomic E-state index is 0.108. The Hall–Kier alpha value is -3.41. The number of para-hydroxylation sites is 2. The molecule has 2 N–H and O–H groups in total. The van der Waals surface area contributed by atoms with E-state index in [1.54, 1.807) is 23.9 Å². The molecular weight excluding hydrogens is 328 g/mol. The van der Waals surface area contributed by atoms with E-state index in [1.807, 2.05) is 43.3 Å². The summed E-state index contributed by atoms with van der Waals surface area (Å²) in [5.74, 6) is -0.154. The van der Waals surface area contributed by atoms with Gasteiger partial charge in [-0.3, -0.25) is 9.59 Å². The summed E-state index contributed by atoms with van der Waals surface area (Å²) in [6, 6.07) is 13.2. The maximum absolute atomic E-state index is 12.4. The summed E-state index contributed by atoms with van der Waals surface area (Å²) in [6.45, 7) is 3.90. The van der Waals surface area contributed by atoms with Crippen molar-refractivity contribution in [2.75, 3.05) is 5.32 Å². The first-order chi connectivity index (χ1) is 12.5. The summed E-state index contributed by atoms with van der Waals surface area (Å²) in [5.41, 5.74) is 4.68. The first-order valence-corrected chi connectivity index (χ1v) is 8.36. The molecule has 1 amide bonds. The number of nitrogens with zero attached hydrogens (tertiary/aromatic N) is 2. The first-order valence-electron chi connectivity index (χ1n) is 8.36. The van der Waals surface area contributed by atoms with Crippen molar-refractivity contribution in [2.45, 2.75) is 20.4 Å². The SMILES string of the molecule is Cc1c(C)c2ccc(NC(=O)Cn3cnc4ccccc43)cc2[nH]c1=O. The number of carbonyl (C=O) groups is 1. The summed E-state index contributed by atoms with van der Waals surface area (Å²) < 4.78 is 1.81. The molecule has 2 aromatic carbocycles. The normalized spacial score (nSPS) is 11.2. The fourth-order valence-electron chi connectivity index (χ4n) is 3.13. The van der Waals surface area contributed by atoms with E-state index < -0.39 is 0 Å². The molecule has 130 valence electrons. The van der Waals surface area contributed by atoms with Crippen molar-refractivity contribution in [1.82, 2.24) is 14.5 Å². The highest BCUT2D eigenvalue weighted by Gasteiger charge is 2.09. The Kier molecular flexibility index (Phi) is 3.80. The van der Waals surface area contributed by atoms with E-state index >= 15 is 0 Å². The number of hydrogen-bond donors (Lipinski definition) is 2. The lowest BCUT2D eigenvalue weighted by Gasteiger charge is -2.10. The maximum Gasteiger partial charge on any atom is 0.251 e. The lowest BCUT2D eigenvalue weighted by molar-refractivity contribution is -0.116. The second kappa shape index (κ2) is 6.15. The number of pyridine rings is 1. The van der Waals surface area contributed by atoms with Crippen LogP contribution in [0, 0.1) is 13.8 Å². The fourth-order valence-corrected chi connectivity index (χ4v) is 3.13. The molecule has 26 heavy (non-hydrogen) atoms. The topological polar surface area (TPSA) is 79.8 Å². The fraction of sp³-hybridized carbons (Fsp3) is 0.150. The van der Waals surface area contributed by atoms with Crippen LogP contribution in [0.25, 0.3) is 21.9 Å². The van der Waals surface area contributed by atoms with Crippen LogP contribution in [0.1, 0.15) is 11.1 Å². The van der Waals surface area contributed by atoms with Gasteiger partial charge in [0.15, 0.2) is 0 Å². The highest BCUT2D eigenvalue weighted by molar-refractivity contribution is 5.94.